The van der Waals surface area contributed by atoms with Crippen LogP contribution in [0, 0.1) is 0 Å². The molecule has 0 aromatic heterocycles. The molecule has 1 aromatic carbocycles. The van der Waals surface area contributed by atoms with E-state index in [0.717, 1.165) is 23.9 Å². The normalized spacial score (nSPS) is 14.8. The lowest BCUT2D eigenvalue weighted by Gasteiger charge is -2.29. The second kappa shape index (κ2) is 6.38. The fourth-order valence-corrected chi connectivity index (χ4v) is 1.82. The molecule has 2 nitrogen and oxygen atoms in total. The van der Waals surface area contributed by atoms with E-state index in [4.69, 9.17) is 5.11 Å². The van der Waals surface area contributed by atoms with E-state index in [1.165, 1.54) is 5.56 Å². The molecule has 0 radical (unpaired) electrons. The SMILES string of the molecule is CCC(C)(CCO)NCc1ccc(Br)cc1. The Morgan fingerprint density at radius 2 is 1.94 bits per heavy atom. The van der Waals surface area contributed by atoms with Gasteiger partial charge < -0.3 is 10.4 Å². The number of aliphatic hydroxyl groups is 1. The number of aliphatic hydroxyl groups excluding tert-OH is 1. The van der Waals surface area contributed by atoms with Gasteiger partial charge in [-0.1, -0.05) is 35.0 Å². The van der Waals surface area contributed by atoms with Gasteiger partial charge in [0.05, 0.1) is 0 Å². The Hall–Kier alpha value is -0.380. The summed E-state index contributed by atoms with van der Waals surface area (Å²) < 4.78 is 1.10. The molecule has 0 bridgehead atoms. The van der Waals surface area contributed by atoms with Crippen molar-refractivity contribution in [3.63, 3.8) is 0 Å². The maximum Gasteiger partial charge on any atom is 0.0448 e. The van der Waals surface area contributed by atoms with Crippen molar-refractivity contribution < 1.29 is 5.11 Å². The molecule has 1 unspecified atom stereocenters. The van der Waals surface area contributed by atoms with Gasteiger partial charge in [0.2, 0.25) is 0 Å². The van der Waals surface area contributed by atoms with E-state index in [-0.39, 0.29) is 12.1 Å². The lowest BCUT2D eigenvalue weighted by Crippen LogP contribution is -2.42. The van der Waals surface area contributed by atoms with Crippen molar-refractivity contribution >= 4 is 15.9 Å². The van der Waals surface area contributed by atoms with Crippen LogP contribution < -0.4 is 5.32 Å². The molecule has 1 aromatic rings. The summed E-state index contributed by atoms with van der Waals surface area (Å²) in [6, 6.07) is 8.30. The molecule has 2 N–H and O–H groups in total. The largest absolute Gasteiger partial charge is 0.396 e. The van der Waals surface area contributed by atoms with Crippen LogP contribution in [0.5, 0.6) is 0 Å². The van der Waals surface area contributed by atoms with Crippen LogP contribution in [-0.4, -0.2) is 17.3 Å². The maximum atomic E-state index is 9.02. The summed E-state index contributed by atoms with van der Waals surface area (Å²) in [5, 5.41) is 12.5. The zero-order valence-electron chi connectivity index (χ0n) is 9.96. The molecule has 0 aliphatic carbocycles. The predicted octanol–water partition coefficient (Wildman–Crippen LogP) is 3.09. The van der Waals surface area contributed by atoms with E-state index >= 15 is 0 Å². The fraction of sp³-hybridized carbons (Fsp3) is 0.538. The number of nitrogens with one attached hydrogen (secondary N) is 1. The molecule has 0 fully saturated rings. The van der Waals surface area contributed by atoms with E-state index in [1.807, 2.05) is 12.1 Å². The highest BCUT2D eigenvalue weighted by Crippen LogP contribution is 2.16. The summed E-state index contributed by atoms with van der Waals surface area (Å²) in [7, 11) is 0. The minimum absolute atomic E-state index is 0.0296. The molecule has 0 aliphatic rings. The average molecular weight is 286 g/mol. The topological polar surface area (TPSA) is 32.3 Å². The molecule has 0 saturated heterocycles. The fourth-order valence-electron chi connectivity index (χ4n) is 1.55. The van der Waals surface area contributed by atoms with E-state index in [0.29, 0.717) is 0 Å². The molecular weight excluding hydrogens is 266 g/mol. The Bertz CT molecular complexity index is 312. The first-order valence-corrected chi connectivity index (χ1v) is 6.49. The van der Waals surface area contributed by atoms with Gasteiger partial charge in [0.15, 0.2) is 0 Å². The van der Waals surface area contributed by atoms with Gasteiger partial charge in [0.1, 0.15) is 0 Å². The molecule has 3 heteroatoms. The van der Waals surface area contributed by atoms with Gasteiger partial charge in [-0.05, 0) is 37.5 Å². The summed E-state index contributed by atoms with van der Waals surface area (Å²) in [4.78, 5) is 0. The zero-order chi connectivity index (χ0) is 12.0. The summed E-state index contributed by atoms with van der Waals surface area (Å²) in [5.41, 5.74) is 1.29. The molecule has 0 aliphatic heterocycles. The third kappa shape index (κ3) is 4.24. The maximum absolute atomic E-state index is 9.02. The third-order valence-electron chi connectivity index (χ3n) is 3.08. The van der Waals surface area contributed by atoms with Crippen LogP contribution in [0.4, 0.5) is 0 Å². The summed E-state index contributed by atoms with van der Waals surface area (Å²) in [5.74, 6) is 0. The van der Waals surface area contributed by atoms with Crippen LogP contribution in [0.25, 0.3) is 0 Å². The first-order valence-electron chi connectivity index (χ1n) is 5.70. The van der Waals surface area contributed by atoms with E-state index in [2.05, 4.69) is 47.2 Å². The summed E-state index contributed by atoms with van der Waals surface area (Å²) in [6.07, 6.45) is 1.81. The van der Waals surface area contributed by atoms with Crippen molar-refractivity contribution in [1.82, 2.24) is 5.32 Å². The molecule has 16 heavy (non-hydrogen) atoms. The zero-order valence-corrected chi connectivity index (χ0v) is 11.5. The number of hydrogen-bond acceptors (Lipinski definition) is 2. The van der Waals surface area contributed by atoms with Crippen molar-refractivity contribution in [1.29, 1.82) is 0 Å². The number of hydrogen-bond donors (Lipinski definition) is 2. The van der Waals surface area contributed by atoms with Gasteiger partial charge in [-0.3, -0.25) is 0 Å². The highest BCUT2D eigenvalue weighted by atomic mass is 79.9. The monoisotopic (exact) mass is 285 g/mol. The minimum atomic E-state index is 0.0296. The quantitative estimate of drug-likeness (QED) is 0.842. The van der Waals surface area contributed by atoms with Crippen LogP contribution >= 0.6 is 15.9 Å². The molecule has 0 saturated carbocycles. The number of halogens is 1. The molecule has 0 heterocycles. The van der Waals surface area contributed by atoms with Crippen LogP contribution in [-0.2, 0) is 6.54 Å². The van der Waals surface area contributed by atoms with Gasteiger partial charge >= 0.3 is 0 Å². The Kier molecular flexibility index (Phi) is 5.46. The summed E-state index contributed by atoms with van der Waals surface area (Å²) in [6.45, 7) is 5.38. The Balaban J connectivity index is 2.52. The molecule has 0 amide bonds. The standard InChI is InChI=1S/C13H20BrNO/c1-3-13(2,8-9-16)15-10-11-4-6-12(14)7-5-11/h4-7,15-16H,3,8-10H2,1-2H3. The third-order valence-corrected chi connectivity index (χ3v) is 3.61. The minimum Gasteiger partial charge on any atom is -0.396 e. The van der Waals surface area contributed by atoms with Crippen LogP contribution in [0.1, 0.15) is 32.3 Å². The van der Waals surface area contributed by atoms with E-state index in [1.54, 1.807) is 0 Å². The van der Waals surface area contributed by atoms with E-state index in [9.17, 15) is 0 Å². The lowest BCUT2D eigenvalue weighted by atomic mass is 9.94. The Morgan fingerprint density at radius 1 is 1.31 bits per heavy atom. The molecule has 1 rings (SSSR count). The van der Waals surface area contributed by atoms with Crippen molar-refractivity contribution in [3.05, 3.63) is 34.3 Å². The van der Waals surface area contributed by atoms with Crippen LogP contribution in [0.15, 0.2) is 28.7 Å². The predicted molar refractivity (Wildman–Crippen MR) is 71.4 cm³/mol. The first-order chi connectivity index (χ1) is 7.59. The van der Waals surface area contributed by atoms with Gasteiger partial charge in [-0.15, -0.1) is 0 Å². The molecule has 1 atom stereocenters. The van der Waals surface area contributed by atoms with Gasteiger partial charge in [-0.25, -0.2) is 0 Å². The van der Waals surface area contributed by atoms with Crippen molar-refractivity contribution in [2.75, 3.05) is 6.61 Å². The molecular formula is C13H20BrNO. The van der Waals surface area contributed by atoms with E-state index < -0.39 is 0 Å². The van der Waals surface area contributed by atoms with Crippen LogP contribution in [0.3, 0.4) is 0 Å². The second-order valence-corrected chi connectivity index (χ2v) is 5.28. The highest BCUT2D eigenvalue weighted by Gasteiger charge is 2.19. The molecule has 90 valence electrons. The Labute approximate surface area is 106 Å². The second-order valence-electron chi connectivity index (χ2n) is 4.37. The van der Waals surface area contributed by atoms with Crippen molar-refractivity contribution in [2.24, 2.45) is 0 Å². The van der Waals surface area contributed by atoms with Gasteiger partial charge in [0, 0.05) is 23.2 Å². The lowest BCUT2D eigenvalue weighted by molar-refractivity contribution is 0.214. The van der Waals surface area contributed by atoms with Gasteiger partial charge in [0.25, 0.3) is 0 Å². The molecule has 0 spiro atoms. The first kappa shape index (κ1) is 13.7. The highest BCUT2D eigenvalue weighted by molar-refractivity contribution is 9.10. The van der Waals surface area contributed by atoms with Crippen molar-refractivity contribution in [2.45, 2.75) is 38.8 Å². The number of rotatable bonds is 6. The smallest absolute Gasteiger partial charge is 0.0448 e. The van der Waals surface area contributed by atoms with Crippen molar-refractivity contribution in [3.8, 4) is 0 Å². The summed E-state index contributed by atoms with van der Waals surface area (Å²) >= 11 is 3.42. The Morgan fingerprint density at radius 3 is 2.44 bits per heavy atom. The van der Waals surface area contributed by atoms with Crippen LogP contribution in [0.2, 0.25) is 0 Å². The average Bonchev–Trinajstić information content (AvgIpc) is 2.29. The number of benzene rings is 1. The van der Waals surface area contributed by atoms with Gasteiger partial charge in [-0.2, -0.15) is 0 Å².